The molecule has 1 aromatic carbocycles. The Morgan fingerprint density at radius 1 is 1.39 bits per heavy atom. The summed E-state index contributed by atoms with van der Waals surface area (Å²) in [5, 5.41) is 4.21. The van der Waals surface area contributed by atoms with Gasteiger partial charge in [0.1, 0.15) is 5.69 Å². The van der Waals surface area contributed by atoms with E-state index >= 15 is 0 Å². The fraction of sp³-hybridized carbons (Fsp3) is 0.476. The quantitative estimate of drug-likeness (QED) is 0.698. The average Bonchev–Trinajstić information content (AvgIpc) is 3.39. The first-order valence-corrected chi connectivity index (χ1v) is 10.2. The average molecular weight is 432 g/mol. The largest absolute Gasteiger partial charge is 0.423 e. The summed E-state index contributed by atoms with van der Waals surface area (Å²) in [6.45, 7) is 2.55. The van der Waals surface area contributed by atoms with Gasteiger partial charge in [0.15, 0.2) is 18.3 Å². The Kier molecular flexibility index (Phi) is 6.19. The van der Waals surface area contributed by atoms with Crippen molar-refractivity contribution < 1.29 is 28.2 Å². The van der Waals surface area contributed by atoms with Crippen molar-refractivity contribution in [3.8, 4) is 5.69 Å². The van der Waals surface area contributed by atoms with Crippen LogP contribution in [0.15, 0.2) is 30.6 Å². The van der Waals surface area contributed by atoms with E-state index in [0.717, 1.165) is 24.8 Å². The van der Waals surface area contributed by atoms with Crippen LogP contribution in [0.5, 0.6) is 0 Å². The van der Waals surface area contributed by atoms with E-state index in [4.69, 9.17) is 14.2 Å². The maximum Gasteiger partial charge on any atom is 0.416 e. The monoisotopic (exact) mass is 432 g/mol. The lowest BCUT2D eigenvalue weighted by Gasteiger charge is -2.22. The predicted molar refractivity (Wildman–Crippen MR) is 108 cm³/mol. The van der Waals surface area contributed by atoms with Gasteiger partial charge in [-0.15, -0.1) is 0 Å². The van der Waals surface area contributed by atoms with Gasteiger partial charge < -0.3 is 19.1 Å². The molecular weight excluding hydrogens is 407 g/mol. The van der Waals surface area contributed by atoms with Crippen LogP contribution in [0.25, 0.3) is 5.69 Å². The molecule has 2 saturated heterocycles. The van der Waals surface area contributed by atoms with Crippen LogP contribution >= 0.6 is 0 Å². The highest BCUT2D eigenvalue weighted by atomic mass is 19.1. The Morgan fingerprint density at radius 3 is 2.94 bits per heavy atom. The van der Waals surface area contributed by atoms with Gasteiger partial charge in [0, 0.05) is 32.3 Å². The number of hydrogen-bond donors (Lipinski definition) is 0. The van der Waals surface area contributed by atoms with Gasteiger partial charge in [-0.25, -0.2) is 13.9 Å². The lowest BCUT2D eigenvalue weighted by atomic mass is 10.2. The summed E-state index contributed by atoms with van der Waals surface area (Å²) >= 11 is 0. The van der Waals surface area contributed by atoms with E-state index in [0.29, 0.717) is 18.9 Å². The summed E-state index contributed by atoms with van der Waals surface area (Å²) in [7, 11) is 1.55. The van der Waals surface area contributed by atoms with Crippen molar-refractivity contribution in [1.82, 2.24) is 14.7 Å². The van der Waals surface area contributed by atoms with E-state index < -0.39 is 18.1 Å². The molecule has 0 aliphatic carbocycles. The first kappa shape index (κ1) is 21.3. The Bertz CT molecular complexity index is 959. The number of ether oxygens (including phenoxy) is 3. The summed E-state index contributed by atoms with van der Waals surface area (Å²) in [6, 6.07) is 4.41. The van der Waals surface area contributed by atoms with Gasteiger partial charge in [0.05, 0.1) is 25.0 Å². The van der Waals surface area contributed by atoms with Crippen LogP contribution in [-0.4, -0.2) is 59.4 Å². The van der Waals surface area contributed by atoms with Crippen molar-refractivity contribution in [3.63, 3.8) is 0 Å². The first-order chi connectivity index (χ1) is 14.9. The van der Waals surface area contributed by atoms with Crippen LogP contribution in [0.2, 0.25) is 0 Å². The Balaban J connectivity index is 1.43. The summed E-state index contributed by atoms with van der Waals surface area (Å²) < 4.78 is 32.8. The Morgan fingerprint density at radius 2 is 2.23 bits per heavy atom. The molecule has 0 N–H and O–H groups in total. The molecule has 2 atom stereocenters. The fourth-order valence-electron chi connectivity index (χ4n) is 3.51. The van der Waals surface area contributed by atoms with Crippen LogP contribution < -0.4 is 4.90 Å². The van der Waals surface area contributed by atoms with Crippen LogP contribution in [-0.2, 0) is 25.6 Å². The van der Waals surface area contributed by atoms with Crippen LogP contribution in [0.3, 0.4) is 0 Å². The number of benzene rings is 1. The topological polar surface area (TPSA) is 86.1 Å². The van der Waals surface area contributed by atoms with E-state index in [1.807, 2.05) is 0 Å². The molecule has 1 aromatic heterocycles. The molecule has 0 spiro atoms. The number of carbonyl (C=O) groups is 2. The van der Waals surface area contributed by atoms with E-state index in [9.17, 15) is 14.0 Å². The Labute approximate surface area is 179 Å². The third kappa shape index (κ3) is 4.70. The van der Waals surface area contributed by atoms with Crippen molar-refractivity contribution in [2.24, 2.45) is 0 Å². The zero-order valence-corrected chi connectivity index (χ0v) is 17.5. The standard InChI is InChI=1S/C21H25FN4O5/c1-14(27)24(2)19-12-25(21(28)31-19)16-6-7-18(17(22)9-16)26-11-15(10-23-26)13-30-20-5-3-4-8-29-20/h6-7,9-11,19-20H,3-5,8,12-13H2,1-2H3. The molecule has 2 aromatic rings. The van der Waals surface area contributed by atoms with Crippen molar-refractivity contribution in [3.05, 3.63) is 42.0 Å². The normalized spacial score (nSPS) is 21.3. The lowest BCUT2D eigenvalue weighted by molar-refractivity contribution is -0.168. The molecule has 0 bridgehead atoms. The van der Waals surface area contributed by atoms with Gasteiger partial charge in [-0.05, 0) is 37.5 Å². The van der Waals surface area contributed by atoms with E-state index in [2.05, 4.69) is 5.10 Å². The second kappa shape index (κ2) is 9.03. The minimum atomic E-state index is -0.713. The highest BCUT2D eigenvalue weighted by Crippen LogP contribution is 2.26. The minimum absolute atomic E-state index is 0.125. The van der Waals surface area contributed by atoms with Crippen LogP contribution in [0.4, 0.5) is 14.9 Å². The highest BCUT2D eigenvalue weighted by molar-refractivity contribution is 5.90. The van der Waals surface area contributed by atoms with Gasteiger partial charge in [-0.1, -0.05) is 0 Å². The smallest absolute Gasteiger partial charge is 0.416 e. The van der Waals surface area contributed by atoms with Crippen LogP contribution in [0, 0.1) is 5.82 Å². The molecule has 31 heavy (non-hydrogen) atoms. The number of cyclic esters (lactones) is 1. The van der Waals surface area contributed by atoms with E-state index in [1.54, 1.807) is 31.6 Å². The van der Waals surface area contributed by atoms with Gasteiger partial charge in [0.25, 0.3) is 0 Å². The zero-order valence-electron chi connectivity index (χ0n) is 17.5. The molecular formula is C21H25FN4O5. The van der Waals surface area contributed by atoms with E-state index in [-0.39, 0.29) is 24.4 Å². The Hall–Kier alpha value is -2.98. The van der Waals surface area contributed by atoms with Crippen molar-refractivity contribution in [1.29, 1.82) is 0 Å². The third-order valence-electron chi connectivity index (χ3n) is 5.42. The van der Waals surface area contributed by atoms with Crippen molar-refractivity contribution in [2.75, 3.05) is 25.1 Å². The number of hydrogen-bond acceptors (Lipinski definition) is 6. The molecule has 4 rings (SSSR count). The SMILES string of the molecule is CC(=O)N(C)C1CN(c2ccc(-n3cc(COC4CCCCO4)cn3)c(F)c2)C(=O)O1. The van der Waals surface area contributed by atoms with Gasteiger partial charge in [-0.2, -0.15) is 5.10 Å². The first-order valence-electron chi connectivity index (χ1n) is 10.2. The number of rotatable bonds is 6. The molecule has 2 aliphatic rings. The van der Waals surface area contributed by atoms with Gasteiger partial charge >= 0.3 is 6.09 Å². The number of nitrogens with zero attached hydrogens (tertiary/aromatic N) is 4. The molecule has 166 valence electrons. The van der Waals surface area contributed by atoms with Gasteiger partial charge in [0.2, 0.25) is 5.91 Å². The minimum Gasteiger partial charge on any atom is -0.423 e. The highest BCUT2D eigenvalue weighted by Gasteiger charge is 2.36. The fourth-order valence-corrected chi connectivity index (χ4v) is 3.51. The molecule has 2 unspecified atom stereocenters. The summed E-state index contributed by atoms with van der Waals surface area (Å²) in [5.74, 6) is -0.769. The second-order valence-electron chi connectivity index (χ2n) is 7.61. The summed E-state index contributed by atoms with van der Waals surface area (Å²) in [6.07, 6.45) is 4.77. The number of anilines is 1. The number of amides is 2. The molecule has 2 amide bonds. The zero-order chi connectivity index (χ0) is 22.0. The molecule has 3 heterocycles. The van der Waals surface area contributed by atoms with Crippen molar-refractivity contribution >= 4 is 17.7 Å². The van der Waals surface area contributed by atoms with Crippen LogP contribution in [0.1, 0.15) is 31.7 Å². The molecule has 2 aliphatic heterocycles. The molecule has 9 nitrogen and oxygen atoms in total. The number of aromatic nitrogens is 2. The van der Waals surface area contributed by atoms with Crippen molar-refractivity contribution in [2.45, 2.75) is 45.3 Å². The molecule has 10 heteroatoms. The summed E-state index contributed by atoms with van der Waals surface area (Å²) in [4.78, 5) is 26.3. The molecule has 2 fully saturated rings. The maximum atomic E-state index is 14.8. The second-order valence-corrected chi connectivity index (χ2v) is 7.61. The third-order valence-corrected chi connectivity index (χ3v) is 5.42. The molecule has 0 radical (unpaired) electrons. The van der Waals surface area contributed by atoms with E-state index in [1.165, 1.54) is 27.5 Å². The molecule has 0 saturated carbocycles. The number of likely N-dealkylation sites (N-methyl/N-ethyl adjacent to an activating group) is 1. The summed E-state index contributed by atoms with van der Waals surface area (Å²) in [5.41, 5.74) is 1.39. The predicted octanol–water partition coefficient (Wildman–Crippen LogP) is 2.82. The number of halogens is 1. The maximum absolute atomic E-state index is 14.8. The lowest BCUT2D eigenvalue weighted by Crippen LogP contribution is -2.38. The van der Waals surface area contributed by atoms with Gasteiger partial charge in [-0.3, -0.25) is 9.69 Å². The number of carbonyl (C=O) groups excluding carboxylic acids is 2.